The molecule has 2 N–H and O–H groups in total. The quantitative estimate of drug-likeness (QED) is 0.321. The Morgan fingerprint density at radius 2 is 1.86 bits per heavy atom. The zero-order chi connectivity index (χ0) is 19.8. The summed E-state index contributed by atoms with van der Waals surface area (Å²) < 4.78 is 21.5. The molecule has 3 rings (SSSR count). The van der Waals surface area contributed by atoms with Crippen LogP contribution in [0.2, 0.25) is 0 Å². The Balaban J connectivity index is 0.00000300. The Morgan fingerprint density at radius 3 is 2.62 bits per heavy atom. The van der Waals surface area contributed by atoms with E-state index in [1.165, 1.54) is 0 Å². The van der Waals surface area contributed by atoms with Crippen LogP contribution in [0.25, 0.3) is 0 Å². The van der Waals surface area contributed by atoms with Gasteiger partial charge >= 0.3 is 0 Å². The second-order valence-electron chi connectivity index (χ2n) is 6.24. The van der Waals surface area contributed by atoms with Gasteiger partial charge in [0.15, 0.2) is 17.5 Å². The summed E-state index contributed by atoms with van der Waals surface area (Å²) in [5, 5.41) is 6.64. The normalized spacial score (nSPS) is 12.2. The van der Waals surface area contributed by atoms with Gasteiger partial charge < -0.3 is 29.6 Å². The maximum absolute atomic E-state index is 5.44. The standard InChI is InChI=1S/C21H27N3O4.HI/c1-4-22-21(24-13-15-5-7-19-20(11-15)28-14-27-19)23-10-9-16-12-17(25-2)6-8-18(16)26-3;/h5-8,11-12H,4,9-10,13-14H2,1-3H3,(H2,22,23,24);1H. The summed E-state index contributed by atoms with van der Waals surface area (Å²) >= 11 is 0. The lowest BCUT2D eigenvalue weighted by Crippen LogP contribution is -2.38. The third-order valence-electron chi connectivity index (χ3n) is 4.38. The van der Waals surface area contributed by atoms with Crippen molar-refractivity contribution in [2.75, 3.05) is 34.1 Å². The first-order chi connectivity index (χ1) is 13.7. The lowest BCUT2D eigenvalue weighted by molar-refractivity contribution is 0.174. The third-order valence-corrected chi connectivity index (χ3v) is 4.38. The van der Waals surface area contributed by atoms with Gasteiger partial charge in [-0.15, -0.1) is 24.0 Å². The number of nitrogens with one attached hydrogen (secondary N) is 2. The minimum Gasteiger partial charge on any atom is -0.497 e. The van der Waals surface area contributed by atoms with Crippen molar-refractivity contribution >= 4 is 29.9 Å². The highest BCUT2D eigenvalue weighted by molar-refractivity contribution is 14.0. The molecule has 0 aromatic heterocycles. The molecule has 2 aromatic carbocycles. The maximum atomic E-state index is 5.44. The monoisotopic (exact) mass is 513 g/mol. The van der Waals surface area contributed by atoms with Gasteiger partial charge in [-0.1, -0.05) is 6.07 Å². The SMILES string of the molecule is CCNC(=NCc1ccc2c(c1)OCO2)NCCc1cc(OC)ccc1OC.I. The summed E-state index contributed by atoms with van der Waals surface area (Å²) in [6.45, 7) is 4.38. The summed E-state index contributed by atoms with van der Waals surface area (Å²) in [6, 6.07) is 11.7. The Labute approximate surface area is 188 Å². The van der Waals surface area contributed by atoms with Crippen LogP contribution in [-0.4, -0.2) is 40.1 Å². The highest BCUT2D eigenvalue weighted by Gasteiger charge is 2.13. The molecule has 7 nitrogen and oxygen atoms in total. The van der Waals surface area contributed by atoms with E-state index in [0.29, 0.717) is 6.54 Å². The van der Waals surface area contributed by atoms with Gasteiger partial charge in [0, 0.05) is 13.1 Å². The van der Waals surface area contributed by atoms with Crippen molar-refractivity contribution in [2.45, 2.75) is 19.9 Å². The molecule has 8 heteroatoms. The number of fused-ring (bicyclic) bond motifs is 1. The third kappa shape index (κ3) is 6.31. The van der Waals surface area contributed by atoms with E-state index in [1.54, 1.807) is 14.2 Å². The van der Waals surface area contributed by atoms with Crippen molar-refractivity contribution in [3.8, 4) is 23.0 Å². The van der Waals surface area contributed by atoms with Crippen molar-refractivity contribution in [3.05, 3.63) is 47.5 Å². The molecule has 0 fully saturated rings. The number of benzene rings is 2. The summed E-state index contributed by atoms with van der Waals surface area (Å²) in [6.07, 6.45) is 0.787. The number of nitrogens with zero attached hydrogens (tertiary/aromatic N) is 1. The maximum Gasteiger partial charge on any atom is 0.231 e. The molecule has 0 aliphatic carbocycles. The van der Waals surface area contributed by atoms with E-state index in [2.05, 4.69) is 15.6 Å². The topological polar surface area (TPSA) is 73.3 Å². The van der Waals surface area contributed by atoms with Gasteiger partial charge in [-0.2, -0.15) is 0 Å². The molecule has 2 aromatic rings. The molecule has 0 spiro atoms. The highest BCUT2D eigenvalue weighted by Crippen LogP contribution is 2.32. The zero-order valence-electron chi connectivity index (χ0n) is 17.0. The lowest BCUT2D eigenvalue weighted by atomic mass is 10.1. The smallest absolute Gasteiger partial charge is 0.231 e. The van der Waals surface area contributed by atoms with E-state index in [1.807, 2.05) is 43.3 Å². The van der Waals surface area contributed by atoms with E-state index in [9.17, 15) is 0 Å². The molecule has 29 heavy (non-hydrogen) atoms. The van der Waals surface area contributed by atoms with Crippen molar-refractivity contribution in [2.24, 2.45) is 4.99 Å². The second-order valence-corrected chi connectivity index (χ2v) is 6.24. The van der Waals surface area contributed by atoms with Crippen molar-refractivity contribution in [3.63, 3.8) is 0 Å². The van der Waals surface area contributed by atoms with E-state index < -0.39 is 0 Å². The van der Waals surface area contributed by atoms with Gasteiger partial charge in [0.05, 0.1) is 20.8 Å². The Hall–Kier alpha value is -2.36. The molecule has 158 valence electrons. The van der Waals surface area contributed by atoms with Crippen LogP contribution in [0.3, 0.4) is 0 Å². The Morgan fingerprint density at radius 1 is 1.03 bits per heavy atom. The van der Waals surface area contributed by atoms with Gasteiger partial charge in [0.2, 0.25) is 6.79 Å². The predicted molar refractivity (Wildman–Crippen MR) is 124 cm³/mol. The van der Waals surface area contributed by atoms with Crippen LogP contribution >= 0.6 is 24.0 Å². The first-order valence-corrected chi connectivity index (χ1v) is 9.35. The molecule has 0 radical (unpaired) electrons. The second kappa shape index (κ2) is 11.6. The fourth-order valence-electron chi connectivity index (χ4n) is 2.94. The fraction of sp³-hybridized carbons (Fsp3) is 0.381. The molecule has 0 saturated heterocycles. The first-order valence-electron chi connectivity index (χ1n) is 9.35. The minimum absolute atomic E-state index is 0. The molecule has 0 saturated carbocycles. The van der Waals surface area contributed by atoms with Crippen LogP contribution in [0, 0.1) is 0 Å². The van der Waals surface area contributed by atoms with E-state index >= 15 is 0 Å². The van der Waals surface area contributed by atoms with Crippen LogP contribution in [0.4, 0.5) is 0 Å². The zero-order valence-corrected chi connectivity index (χ0v) is 19.3. The fourth-order valence-corrected chi connectivity index (χ4v) is 2.94. The average Bonchev–Trinajstić information content (AvgIpc) is 3.19. The van der Waals surface area contributed by atoms with E-state index in [-0.39, 0.29) is 30.8 Å². The molecule has 0 amide bonds. The molecular formula is C21H28IN3O4. The number of guanidine groups is 1. The summed E-state index contributed by atoms with van der Waals surface area (Å²) in [5.74, 6) is 3.99. The molecule has 0 bridgehead atoms. The number of methoxy groups -OCH3 is 2. The van der Waals surface area contributed by atoms with Crippen LogP contribution in [0.1, 0.15) is 18.1 Å². The van der Waals surface area contributed by atoms with Gasteiger partial charge in [0.1, 0.15) is 11.5 Å². The van der Waals surface area contributed by atoms with Crippen LogP contribution in [0.15, 0.2) is 41.4 Å². The van der Waals surface area contributed by atoms with E-state index in [0.717, 1.165) is 59.6 Å². The minimum atomic E-state index is 0. The first kappa shape index (κ1) is 22.9. The predicted octanol–water partition coefficient (Wildman–Crippen LogP) is 3.35. The van der Waals surface area contributed by atoms with Crippen LogP contribution in [-0.2, 0) is 13.0 Å². The van der Waals surface area contributed by atoms with Crippen molar-refractivity contribution in [1.82, 2.24) is 10.6 Å². The van der Waals surface area contributed by atoms with Gasteiger partial charge in [-0.3, -0.25) is 0 Å². The Kier molecular flexibility index (Phi) is 9.17. The summed E-state index contributed by atoms with van der Waals surface area (Å²) in [4.78, 5) is 4.66. The summed E-state index contributed by atoms with van der Waals surface area (Å²) in [7, 11) is 3.34. The molecular weight excluding hydrogens is 485 g/mol. The van der Waals surface area contributed by atoms with Gasteiger partial charge in [0.25, 0.3) is 0 Å². The average molecular weight is 513 g/mol. The number of rotatable bonds is 8. The van der Waals surface area contributed by atoms with Gasteiger partial charge in [-0.05, 0) is 54.8 Å². The van der Waals surface area contributed by atoms with Crippen LogP contribution < -0.4 is 29.6 Å². The largest absolute Gasteiger partial charge is 0.497 e. The molecule has 0 atom stereocenters. The number of halogens is 1. The Bertz CT molecular complexity index is 830. The molecule has 1 aliphatic rings. The molecule has 1 heterocycles. The molecule has 0 unspecified atom stereocenters. The van der Waals surface area contributed by atoms with Crippen molar-refractivity contribution in [1.29, 1.82) is 0 Å². The number of aliphatic imine (C=N–C) groups is 1. The summed E-state index contributed by atoms with van der Waals surface area (Å²) in [5.41, 5.74) is 2.15. The lowest BCUT2D eigenvalue weighted by Gasteiger charge is -2.13. The van der Waals surface area contributed by atoms with Crippen molar-refractivity contribution < 1.29 is 18.9 Å². The number of hydrogen-bond acceptors (Lipinski definition) is 5. The molecule has 1 aliphatic heterocycles. The number of hydrogen-bond donors (Lipinski definition) is 2. The van der Waals surface area contributed by atoms with Crippen LogP contribution in [0.5, 0.6) is 23.0 Å². The van der Waals surface area contributed by atoms with E-state index in [4.69, 9.17) is 18.9 Å². The highest BCUT2D eigenvalue weighted by atomic mass is 127. The van der Waals surface area contributed by atoms with Gasteiger partial charge in [-0.25, -0.2) is 4.99 Å². The number of ether oxygens (including phenoxy) is 4.